The number of hydrogen-bond acceptors (Lipinski definition) is 4. The molecule has 0 amide bonds. The molecule has 0 unspecified atom stereocenters. The van der Waals surface area contributed by atoms with E-state index in [-0.39, 0.29) is 30.5 Å². The Labute approximate surface area is 84.1 Å². The topological polar surface area (TPSA) is 58.6 Å². The van der Waals surface area contributed by atoms with Crippen molar-refractivity contribution in [2.24, 2.45) is 0 Å². The van der Waals surface area contributed by atoms with E-state index in [1.165, 1.54) is 0 Å². The first-order chi connectivity index (χ1) is 5.74. The number of piperidine rings is 1. The van der Waals surface area contributed by atoms with Gasteiger partial charge < -0.3 is 15.2 Å². The van der Waals surface area contributed by atoms with E-state index in [2.05, 4.69) is 5.32 Å². The maximum absolute atomic E-state index is 11.1. The normalized spacial score (nSPS) is 27.5. The highest BCUT2D eigenvalue weighted by molar-refractivity contribution is 5.85. The first-order valence-corrected chi connectivity index (χ1v) is 4.32. The molecule has 0 aromatic carbocycles. The Kier molecular flexibility index (Phi) is 6.03. The van der Waals surface area contributed by atoms with Gasteiger partial charge in [0, 0.05) is 6.54 Å². The maximum Gasteiger partial charge on any atom is 0.323 e. The van der Waals surface area contributed by atoms with Gasteiger partial charge in [-0.1, -0.05) is 0 Å². The molecule has 0 aromatic heterocycles. The van der Waals surface area contributed by atoms with Crippen molar-refractivity contribution in [2.45, 2.75) is 31.9 Å². The predicted molar refractivity (Wildman–Crippen MR) is 50.9 cm³/mol. The second-order valence-corrected chi connectivity index (χ2v) is 2.94. The standard InChI is InChI=1S/C8H15NO3.ClH/c1-2-12-8(11)7-4-3-6(10)5-9-7;/h6-7,9-10H,2-5H2,1H3;1H/t6-,7+;/m1./s1. The number of esters is 1. The number of carbonyl (C=O) groups excluding carboxylic acids is 1. The number of halogens is 1. The van der Waals surface area contributed by atoms with E-state index in [1.54, 1.807) is 6.92 Å². The number of aliphatic hydroxyl groups excluding tert-OH is 1. The maximum atomic E-state index is 11.1. The van der Waals surface area contributed by atoms with Gasteiger partial charge in [0.25, 0.3) is 0 Å². The first-order valence-electron chi connectivity index (χ1n) is 4.32. The van der Waals surface area contributed by atoms with Gasteiger partial charge in [0.05, 0.1) is 12.7 Å². The first kappa shape index (κ1) is 12.7. The van der Waals surface area contributed by atoms with Crippen molar-refractivity contribution < 1.29 is 14.6 Å². The summed E-state index contributed by atoms with van der Waals surface area (Å²) in [7, 11) is 0. The smallest absolute Gasteiger partial charge is 0.323 e. The summed E-state index contributed by atoms with van der Waals surface area (Å²) in [5.41, 5.74) is 0. The minimum atomic E-state index is -0.310. The average molecular weight is 210 g/mol. The van der Waals surface area contributed by atoms with Crippen LogP contribution in [0.3, 0.4) is 0 Å². The largest absolute Gasteiger partial charge is 0.465 e. The van der Waals surface area contributed by atoms with E-state index >= 15 is 0 Å². The van der Waals surface area contributed by atoms with Crippen molar-refractivity contribution in [1.82, 2.24) is 5.32 Å². The summed E-state index contributed by atoms with van der Waals surface area (Å²) >= 11 is 0. The van der Waals surface area contributed by atoms with Crippen LogP contribution in [0.25, 0.3) is 0 Å². The van der Waals surface area contributed by atoms with Crippen LogP contribution in [0, 0.1) is 0 Å². The van der Waals surface area contributed by atoms with Crippen molar-refractivity contribution in [2.75, 3.05) is 13.2 Å². The third kappa shape index (κ3) is 3.93. The molecule has 0 aromatic rings. The molecule has 0 bridgehead atoms. The quantitative estimate of drug-likeness (QED) is 0.633. The highest BCUT2D eigenvalue weighted by Crippen LogP contribution is 2.08. The minimum absolute atomic E-state index is 0. The fourth-order valence-corrected chi connectivity index (χ4v) is 1.29. The van der Waals surface area contributed by atoms with Crippen LogP contribution in [0.1, 0.15) is 19.8 Å². The van der Waals surface area contributed by atoms with Crippen molar-refractivity contribution in [1.29, 1.82) is 0 Å². The summed E-state index contributed by atoms with van der Waals surface area (Å²) in [6.45, 7) is 2.69. The molecular formula is C8H16ClNO3. The Balaban J connectivity index is 0.00000144. The molecule has 1 saturated heterocycles. The van der Waals surface area contributed by atoms with Crippen LogP contribution < -0.4 is 5.32 Å². The van der Waals surface area contributed by atoms with Crippen LogP contribution in [-0.4, -0.2) is 36.4 Å². The Hall–Kier alpha value is -0.320. The van der Waals surface area contributed by atoms with Crippen molar-refractivity contribution in [3.63, 3.8) is 0 Å². The van der Waals surface area contributed by atoms with Gasteiger partial charge in [-0.2, -0.15) is 0 Å². The molecule has 1 rings (SSSR count). The molecule has 13 heavy (non-hydrogen) atoms. The number of rotatable bonds is 2. The lowest BCUT2D eigenvalue weighted by Gasteiger charge is -2.25. The van der Waals surface area contributed by atoms with Gasteiger partial charge in [-0.25, -0.2) is 0 Å². The van der Waals surface area contributed by atoms with Crippen LogP contribution in [0.5, 0.6) is 0 Å². The molecule has 1 fully saturated rings. The van der Waals surface area contributed by atoms with Gasteiger partial charge >= 0.3 is 5.97 Å². The summed E-state index contributed by atoms with van der Waals surface area (Å²) in [6, 6.07) is -0.214. The van der Waals surface area contributed by atoms with Crippen LogP contribution in [-0.2, 0) is 9.53 Å². The zero-order valence-corrected chi connectivity index (χ0v) is 8.47. The van der Waals surface area contributed by atoms with Gasteiger partial charge in [0.1, 0.15) is 6.04 Å². The highest BCUT2D eigenvalue weighted by Gasteiger charge is 2.25. The second kappa shape index (κ2) is 6.18. The third-order valence-corrected chi connectivity index (χ3v) is 1.96. The third-order valence-electron chi connectivity index (χ3n) is 1.96. The highest BCUT2D eigenvalue weighted by atomic mass is 35.5. The number of ether oxygens (including phenoxy) is 1. The van der Waals surface area contributed by atoms with Crippen molar-refractivity contribution in [3.8, 4) is 0 Å². The van der Waals surface area contributed by atoms with Crippen LogP contribution in [0.15, 0.2) is 0 Å². The van der Waals surface area contributed by atoms with E-state index in [1.807, 2.05) is 0 Å². The van der Waals surface area contributed by atoms with Gasteiger partial charge in [0.2, 0.25) is 0 Å². The summed E-state index contributed by atoms with van der Waals surface area (Å²) in [6.07, 6.45) is 1.03. The Morgan fingerprint density at radius 1 is 1.62 bits per heavy atom. The molecule has 1 heterocycles. The number of β-amino-alcohol motifs (C(OH)–C–C–N with tert-alkyl or cyclic N) is 1. The molecule has 5 heteroatoms. The van der Waals surface area contributed by atoms with Crippen LogP contribution in [0.2, 0.25) is 0 Å². The molecule has 0 spiro atoms. The van der Waals surface area contributed by atoms with Crippen molar-refractivity contribution >= 4 is 18.4 Å². The molecule has 1 aliphatic heterocycles. The lowest BCUT2D eigenvalue weighted by Crippen LogP contribution is -2.46. The monoisotopic (exact) mass is 209 g/mol. The second-order valence-electron chi connectivity index (χ2n) is 2.94. The molecular weight excluding hydrogens is 194 g/mol. The summed E-state index contributed by atoms with van der Waals surface area (Å²) in [4.78, 5) is 11.1. The molecule has 0 saturated carbocycles. The van der Waals surface area contributed by atoms with Crippen molar-refractivity contribution in [3.05, 3.63) is 0 Å². The molecule has 0 radical (unpaired) electrons. The fourth-order valence-electron chi connectivity index (χ4n) is 1.29. The van der Waals surface area contributed by atoms with E-state index in [0.29, 0.717) is 26.0 Å². The summed E-state index contributed by atoms with van der Waals surface area (Å²) in [5.74, 6) is -0.204. The molecule has 2 N–H and O–H groups in total. The molecule has 1 aliphatic rings. The summed E-state index contributed by atoms with van der Waals surface area (Å²) < 4.78 is 4.83. The lowest BCUT2D eigenvalue weighted by molar-refractivity contribution is -0.146. The Morgan fingerprint density at radius 3 is 2.77 bits per heavy atom. The average Bonchev–Trinajstić information content (AvgIpc) is 2.06. The van der Waals surface area contributed by atoms with E-state index < -0.39 is 0 Å². The van der Waals surface area contributed by atoms with Crippen LogP contribution in [0.4, 0.5) is 0 Å². The van der Waals surface area contributed by atoms with Gasteiger partial charge in [-0.15, -0.1) is 12.4 Å². The lowest BCUT2D eigenvalue weighted by atomic mass is 10.0. The van der Waals surface area contributed by atoms with Crippen LogP contribution >= 0.6 is 12.4 Å². The Bertz CT molecular complexity index is 157. The van der Waals surface area contributed by atoms with E-state index in [9.17, 15) is 4.79 Å². The molecule has 0 aliphatic carbocycles. The molecule has 2 atom stereocenters. The predicted octanol–water partition coefficient (Wildman–Crippen LogP) is 0.0842. The fraction of sp³-hybridized carbons (Fsp3) is 0.875. The molecule has 4 nitrogen and oxygen atoms in total. The number of nitrogens with one attached hydrogen (secondary N) is 1. The zero-order valence-electron chi connectivity index (χ0n) is 7.66. The SMILES string of the molecule is CCOC(=O)[C@@H]1CC[C@@H](O)CN1.Cl. The number of hydrogen-bond donors (Lipinski definition) is 2. The zero-order chi connectivity index (χ0) is 8.97. The van der Waals surface area contributed by atoms with E-state index in [4.69, 9.17) is 9.84 Å². The van der Waals surface area contributed by atoms with E-state index in [0.717, 1.165) is 0 Å². The van der Waals surface area contributed by atoms with Gasteiger partial charge in [-0.3, -0.25) is 4.79 Å². The van der Waals surface area contributed by atoms with Gasteiger partial charge in [0.15, 0.2) is 0 Å². The minimum Gasteiger partial charge on any atom is -0.465 e. The molecule has 78 valence electrons. The summed E-state index contributed by atoms with van der Waals surface area (Å²) in [5, 5.41) is 12.1. The van der Waals surface area contributed by atoms with Gasteiger partial charge in [-0.05, 0) is 19.8 Å². The number of carbonyl (C=O) groups is 1. The number of aliphatic hydroxyl groups is 1. The Morgan fingerprint density at radius 2 is 2.31 bits per heavy atom.